The summed E-state index contributed by atoms with van der Waals surface area (Å²) in [6, 6.07) is 6.06. The number of benzene rings is 1. The Kier molecular flexibility index (Phi) is 4.77. The van der Waals surface area contributed by atoms with Crippen LogP contribution < -0.4 is 4.74 Å². The molecular formula is C15H15NO6. The van der Waals surface area contributed by atoms with E-state index in [0.717, 1.165) is 0 Å². The molecule has 0 N–H and O–H groups in total. The van der Waals surface area contributed by atoms with E-state index in [4.69, 9.17) is 9.26 Å². The fraction of sp³-hybridized carbons (Fsp3) is 0.267. The van der Waals surface area contributed by atoms with Gasteiger partial charge in [0.25, 0.3) is 0 Å². The lowest BCUT2D eigenvalue weighted by atomic mass is 10.1. The van der Waals surface area contributed by atoms with E-state index < -0.39 is 11.9 Å². The van der Waals surface area contributed by atoms with Gasteiger partial charge >= 0.3 is 11.9 Å². The van der Waals surface area contributed by atoms with Crippen molar-refractivity contribution in [3.8, 4) is 5.75 Å². The molecule has 0 aliphatic rings. The molecule has 0 bridgehead atoms. The van der Waals surface area contributed by atoms with E-state index in [0.29, 0.717) is 17.2 Å². The minimum Gasteiger partial charge on any atom is -0.487 e. The number of aryl methyl sites for hydroxylation is 1. The van der Waals surface area contributed by atoms with Gasteiger partial charge in [-0.1, -0.05) is 5.16 Å². The number of methoxy groups -OCH3 is 2. The number of carbonyl (C=O) groups excluding carboxylic acids is 2. The molecule has 2 rings (SSSR count). The highest BCUT2D eigenvalue weighted by Crippen LogP contribution is 2.20. The van der Waals surface area contributed by atoms with Crippen LogP contribution in [0.4, 0.5) is 0 Å². The number of esters is 2. The van der Waals surface area contributed by atoms with E-state index in [1.54, 1.807) is 13.0 Å². The Hall–Kier alpha value is -2.83. The van der Waals surface area contributed by atoms with Crippen molar-refractivity contribution in [2.75, 3.05) is 14.2 Å². The molecule has 2 aromatic rings. The first-order valence-corrected chi connectivity index (χ1v) is 6.40. The normalized spacial score (nSPS) is 10.1. The number of ether oxygens (including phenoxy) is 3. The Morgan fingerprint density at radius 1 is 1.05 bits per heavy atom. The minimum atomic E-state index is -0.576. The van der Waals surface area contributed by atoms with Crippen LogP contribution in [0.1, 0.15) is 32.2 Å². The van der Waals surface area contributed by atoms with E-state index in [9.17, 15) is 9.59 Å². The highest BCUT2D eigenvalue weighted by molar-refractivity contribution is 5.96. The molecule has 0 saturated heterocycles. The summed E-state index contributed by atoms with van der Waals surface area (Å²) in [6.45, 7) is 1.91. The molecule has 7 heteroatoms. The second-order valence-corrected chi connectivity index (χ2v) is 4.45. The molecule has 0 aliphatic carbocycles. The fourth-order valence-corrected chi connectivity index (χ4v) is 1.80. The Bertz CT molecular complexity index is 657. The number of hydrogen-bond donors (Lipinski definition) is 0. The maximum absolute atomic E-state index is 11.6. The molecular weight excluding hydrogens is 290 g/mol. The van der Waals surface area contributed by atoms with Gasteiger partial charge in [-0.2, -0.15) is 0 Å². The van der Waals surface area contributed by atoms with Crippen molar-refractivity contribution in [3.05, 3.63) is 46.8 Å². The number of rotatable bonds is 5. The van der Waals surface area contributed by atoms with E-state index >= 15 is 0 Å². The summed E-state index contributed by atoms with van der Waals surface area (Å²) >= 11 is 0. The van der Waals surface area contributed by atoms with E-state index in [1.165, 1.54) is 32.4 Å². The Balaban J connectivity index is 2.24. The van der Waals surface area contributed by atoms with Gasteiger partial charge in [0.05, 0.1) is 25.3 Å². The SMILES string of the molecule is COC(=O)c1cc(OCc2cc(C)on2)cc(C(=O)OC)c1. The van der Waals surface area contributed by atoms with Crippen LogP contribution in [-0.2, 0) is 16.1 Å². The zero-order valence-corrected chi connectivity index (χ0v) is 12.4. The monoisotopic (exact) mass is 305 g/mol. The van der Waals surface area contributed by atoms with E-state index in [1.807, 2.05) is 0 Å². The maximum atomic E-state index is 11.6. The summed E-state index contributed by atoms with van der Waals surface area (Å²) in [5.74, 6) is -0.165. The first kappa shape index (κ1) is 15.6. The van der Waals surface area contributed by atoms with Gasteiger partial charge in [-0.05, 0) is 25.1 Å². The van der Waals surface area contributed by atoms with Gasteiger partial charge in [0.2, 0.25) is 0 Å². The van der Waals surface area contributed by atoms with Gasteiger partial charge in [-0.25, -0.2) is 9.59 Å². The molecule has 116 valence electrons. The number of aromatic nitrogens is 1. The number of nitrogens with zero attached hydrogens (tertiary/aromatic N) is 1. The first-order valence-electron chi connectivity index (χ1n) is 6.40. The summed E-state index contributed by atoms with van der Waals surface area (Å²) in [7, 11) is 2.51. The summed E-state index contributed by atoms with van der Waals surface area (Å²) in [5.41, 5.74) is 0.981. The Morgan fingerprint density at radius 3 is 2.09 bits per heavy atom. The number of hydrogen-bond acceptors (Lipinski definition) is 7. The van der Waals surface area contributed by atoms with Crippen molar-refractivity contribution in [1.82, 2.24) is 5.16 Å². The molecule has 0 aliphatic heterocycles. The zero-order chi connectivity index (χ0) is 16.1. The predicted octanol–water partition coefficient (Wildman–Crippen LogP) is 2.14. The highest BCUT2D eigenvalue weighted by atomic mass is 16.5. The Labute approximate surface area is 126 Å². The molecule has 0 atom stereocenters. The molecule has 1 aromatic carbocycles. The van der Waals surface area contributed by atoms with Crippen LogP contribution in [-0.4, -0.2) is 31.3 Å². The van der Waals surface area contributed by atoms with Crippen molar-refractivity contribution < 1.29 is 28.3 Å². The van der Waals surface area contributed by atoms with Crippen LogP contribution in [0.3, 0.4) is 0 Å². The third-order valence-electron chi connectivity index (χ3n) is 2.81. The van der Waals surface area contributed by atoms with Crippen LogP contribution in [0.5, 0.6) is 5.75 Å². The molecule has 0 amide bonds. The van der Waals surface area contributed by atoms with Crippen LogP contribution in [0.25, 0.3) is 0 Å². The Morgan fingerprint density at radius 2 is 1.64 bits per heavy atom. The zero-order valence-electron chi connectivity index (χ0n) is 12.4. The molecule has 1 heterocycles. The van der Waals surface area contributed by atoms with Crippen molar-refractivity contribution in [1.29, 1.82) is 0 Å². The van der Waals surface area contributed by atoms with Gasteiger partial charge in [0.1, 0.15) is 23.8 Å². The van der Waals surface area contributed by atoms with Crippen LogP contribution >= 0.6 is 0 Å². The standard InChI is InChI=1S/C15H15NO6/c1-9-4-12(16-22-9)8-21-13-6-10(14(17)19-2)5-11(7-13)15(18)20-3/h4-7H,8H2,1-3H3. The summed E-state index contributed by atoms with van der Waals surface area (Å²) in [6.07, 6.45) is 0. The van der Waals surface area contributed by atoms with Gasteiger partial charge < -0.3 is 18.7 Å². The predicted molar refractivity (Wildman–Crippen MR) is 74.7 cm³/mol. The van der Waals surface area contributed by atoms with Crippen LogP contribution in [0.2, 0.25) is 0 Å². The summed E-state index contributed by atoms with van der Waals surface area (Å²) in [4.78, 5) is 23.3. The third-order valence-corrected chi connectivity index (χ3v) is 2.81. The highest BCUT2D eigenvalue weighted by Gasteiger charge is 2.14. The van der Waals surface area contributed by atoms with E-state index in [2.05, 4.69) is 14.6 Å². The lowest BCUT2D eigenvalue weighted by Crippen LogP contribution is -2.07. The summed E-state index contributed by atoms with van der Waals surface area (Å²) in [5, 5.41) is 3.80. The molecule has 0 spiro atoms. The average Bonchev–Trinajstić information content (AvgIpc) is 2.96. The fourth-order valence-electron chi connectivity index (χ4n) is 1.80. The van der Waals surface area contributed by atoms with Crippen LogP contribution in [0, 0.1) is 6.92 Å². The van der Waals surface area contributed by atoms with Crippen LogP contribution in [0.15, 0.2) is 28.8 Å². The molecule has 22 heavy (non-hydrogen) atoms. The maximum Gasteiger partial charge on any atom is 0.338 e. The van der Waals surface area contributed by atoms with Gasteiger partial charge in [-0.15, -0.1) is 0 Å². The molecule has 1 aromatic heterocycles. The topological polar surface area (TPSA) is 87.9 Å². The lowest BCUT2D eigenvalue weighted by molar-refractivity contribution is 0.0598. The lowest BCUT2D eigenvalue weighted by Gasteiger charge is -2.08. The van der Waals surface area contributed by atoms with Crippen molar-refractivity contribution >= 4 is 11.9 Å². The molecule has 7 nitrogen and oxygen atoms in total. The molecule has 0 unspecified atom stereocenters. The third kappa shape index (κ3) is 3.63. The molecule has 0 saturated carbocycles. The van der Waals surface area contributed by atoms with Gasteiger partial charge in [-0.3, -0.25) is 0 Å². The smallest absolute Gasteiger partial charge is 0.338 e. The van der Waals surface area contributed by atoms with Gasteiger partial charge in [0, 0.05) is 6.07 Å². The van der Waals surface area contributed by atoms with Crippen molar-refractivity contribution in [2.24, 2.45) is 0 Å². The second kappa shape index (κ2) is 6.75. The molecule has 0 fully saturated rings. The van der Waals surface area contributed by atoms with E-state index in [-0.39, 0.29) is 17.7 Å². The largest absolute Gasteiger partial charge is 0.487 e. The minimum absolute atomic E-state index is 0.141. The quantitative estimate of drug-likeness (QED) is 0.782. The average molecular weight is 305 g/mol. The van der Waals surface area contributed by atoms with Crippen molar-refractivity contribution in [3.63, 3.8) is 0 Å². The number of carbonyl (C=O) groups is 2. The summed E-state index contributed by atoms with van der Waals surface area (Å²) < 4.78 is 19.8. The molecule has 0 radical (unpaired) electrons. The van der Waals surface area contributed by atoms with Crippen molar-refractivity contribution in [2.45, 2.75) is 13.5 Å². The second-order valence-electron chi connectivity index (χ2n) is 4.45. The van der Waals surface area contributed by atoms with Gasteiger partial charge in [0.15, 0.2) is 0 Å². The first-order chi connectivity index (χ1) is 10.5.